The number of fused-ring (bicyclic) bond motifs is 2. The second-order valence-corrected chi connectivity index (χ2v) is 10.0. The number of hydrogen-bond donors (Lipinski definition) is 2. The molecular formula is C28H38N6O3. The maximum absolute atomic E-state index is 11.7. The molecule has 2 saturated heterocycles. The number of nitrogens with zero attached hydrogens (tertiary/aromatic N) is 4. The molecular weight excluding hydrogens is 468 g/mol. The van der Waals surface area contributed by atoms with Crippen LogP contribution in [0.15, 0.2) is 58.1 Å². The highest BCUT2D eigenvalue weighted by atomic mass is 16.5. The molecule has 4 heterocycles. The quantitative estimate of drug-likeness (QED) is 0.561. The zero-order valence-electron chi connectivity index (χ0n) is 22.3. The molecule has 3 aromatic rings. The van der Waals surface area contributed by atoms with E-state index in [9.17, 15) is 4.79 Å². The van der Waals surface area contributed by atoms with Gasteiger partial charge < -0.3 is 34.5 Å². The molecule has 9 heteroatoms. The normalized spacial score (nSPS) is 21.5. The Bertz CT molecular complexity index is 1320. The smallest absolute Gasteiger partial charge is 0.419 e. The second-order valence-electron chi connectivity index (χ2n) is 10.0. The predicted molar refractivity (Wildman–Crippen MR) is 150 cm³/mol. The minimum atomic E-state index is -0.307. The fourth-order valence-electron chi connectivity index (χ4n) is 5.55. The van der Waals surface area contributed by atoms with Gasteiger partial charge in [-0.3, -0.25) is 4.57 Å². The molecule has 0 unspecified atom stereocenters. The van der Waals surface area contributed by atoms with Crippen molar-refractivity contribution in [1.82, 2.24) is 15.2 Å². The number of para-hydroxylation sites is 2. The molecule has 0 saturated carbocycles. The van der Waals surface area contributed by atoms with Crippen LogP contribution >= 0.6 is 0 Å². The first-order valence-corrected chi connectivity index (χ1v) is 13.2. The van der Waals surface area contributed by atoms with E-state index in [1.165, 1.54) is 5.69 Å². The molecule has 2 N–H and O–H groups in total. The Morgan fingerprint density at radius 1 is 0.973 bits per heavy atom. The summed E-state index contributed by atoms with van der Waals surface area (Å²) < 4.78 is 12.8. The molecule has 37 heavy (non-hydrogen) atoms. The highest BCUT2D eigenvalue weighted by Gasteiger charge is 2.28. The number of anilines is 3. The number of oxazole rings is 1. The van der Waals surface area contributed by atoms with Crippen LogP contribution in [-0.4, -0.2) is 62.5 Å². The van der Waals surface area contributed by atoms with E-state index >= 15 is 0 Å². The Kier molecular flexibility index (Phi) is 7.17. The van der Waals surface area contributed by atoms with Gasteiger partial charge in [0.25, 0.3) is 0 Å². The van der Waals surface area contributed by atoms with Crippen molar-refractivity contribution in [2.24, 2.45) is 7.05 Å². The average molecular weight is 507 g/mol. The van der Waals surface area contributed by atoms with Crippen LogP contribution < -0.4 is 35.8 Å². The Morgan fingerprint density at radius 2 is 1.62 bits per heavy atom. The number of rotatable bonds is 3. The lowest BCUT2D eigenvalue weighted by atomic mass is 10.1. The van der Waals surface area contributed by atoms with Crippen LogP contribution in [-0.2, 0) is 7.05 Å². The van der Waals surface area contributed by atoms with Crippen LogP contribution in [0.3, 0.4) is 0 Å². The summed E-state index contributed by atoms with van der Waals surface area (Å²) in [5.41, 5.74) is 4.87. The summed E-state index contributed by atoms with van der Waals surface area (Å²) >= 11 is 0. The zero-order chi connectivity index (χ0) is 26.1. The van der Waals surface area contributed by atoms with Crippen molar-refractivity contribution in [2.75, 3.05) is 60.5 Å². The van der Waals surface area contributed by atoms with Crippen LogP contribution in [0.2, 0.25) is 0 Å². The number of nitrogens with one attached hydrogen (secondary N) is 2. The highest BCUT2D eigenvalue weighted by Crippen LogP contribution is 2.45. The fraction of sp³-hybridized carbons (Fsp3) is 0.464. The van der Waals surface area contributed by atoms with Gasteiger partial charge >= 0.3 is 5.76 Å². The van der Waals surface area contributed by atoms with E-state index < -0.39 is 0 Å². The summed E-state index contributed by atoms with van der Waals surface area (Å²) in [5, 5.41) is 6.87. The predicted octanol–water partition coefficient (Wildman–Crippen LogP) is 3.10. The molecule has 3 aliphatic rings. The molecule has 3 aliphatic heterocycles. The highest BCUT2D eigenvalue weighted by molar-refractivity contribution is 5.87. The lowest BCUT2D eigenvalue weighted by Crippen LogP contribution is -2.54. The van der Waals surface area contributed by atoms with Crippen LogP contribution in [0, 0.1) is 0 Å². The van der Waals surface area contributed by atoms with Crippen molar-refractivity contribution >= 4 is 28.2 Å². The van der Waals surface area contributed by atoms with Crippen molar-refractivity contribution in [2.45, 2.75) is 32.9 Å². The SMILES string of the molecule is C=C1Oc2c(N3CCNCC3)cccc2N1CC.C[C@@H]1CN(c2cccc3c2oc(=O)n3C)C[C@H](C)N1. The summed E-state index contributed by atoms with van der Waals surface area (Å²) in [6.07, 6.45) is 0. The van der Waals surface area contributed by atoms with Gasteiger partial charge in [0.2, 0.25) is 0 Å². The van der Waals surface area contributed by atoms with Gasteiger partial charge in [0.1, 0.15) is 0 Å². The molecule has 1 aromatic heterocycles. The van der Waals surface area contributed by atoms with Crippen LogP contribution in [0.1, 0.15) is 20.8 Å². The summed E-state index contributed by atoms with van der Waals surface area (Å²) in [7, 11) is 1.74. The lowest BCUT2D eigenvalue weighted by Gasteiger charge is -2.37. The van der Waals surface area contributed by atoms with Crippen LogP contribution in [0.4, 0.5) is 17.1 Å². The lowest BCUT2D eigenvalue weighted by molar-refractivity contribution is 0.406. The molecule has 0 radical (unpaired) electrons. The van der Waals surface area contributed by atoms with Gasteiger partial charge in [-0.25, -0.2) is 4.79 Å². The number of piperazine rings is 2. The third-order valence-corrected chi connectivity index (χ3v) is 7.26. The van der Waals surface area contributed by atoms with Crippen LogP contribution in [0.25, 0.3) is 11.1 Å². The van der Waals surface area contributed by atoms with Crippen molar-refractivity contribution in [3.05, 3.63) is 59.4 Å². The van der Waals surface area contributed by atoms with Gasteiger partial charge in [-0.05, 0) is 51.6 Å². The van der Waals surface area contributed by atoms with Crippen molar-refractivity contribution in [3.63, 3.8) is 0 Å². The van der Waals surface area contributed by atoms with E-state index in [-0.39, 0.29) is 5.76 Å². The van der Waals surface area contributed by atoms with E-state index in [0.717, 1.165) is 74.3 Å². The Morgan fingerprint density at radius 3 is 2.32 bits per heavy atom. The topological polar surface area (TPSA) is 78.2 Å². The largest absolute Gasteiger partial charge is 0.437 e. The first-order valence-electron chi connectivity index (χ1n) is 13.2. The molecule has 0 bridgehead atoms. The number of aromatic nitrogens is 1. The number of benzene rings is 2. The van der Waals surface area contributed by atoms with Crippen LogP contribution in [0.5, 0.6) is 5.75 Å². The molecule has 2 fully saturated rings. The Labute approximate surface area is 218 Å². The number of ether oxygens (including phenoxy) is 1. The molecule has 0 aliphatic carbocycles. The minimum absolute atomic E-state index is 0.307. The van der Waals surface area contributed by atoms with Crippen molar-refractivity contribution < 1.29 is 9.15 Å². The molecule has 2 aromatic carbocycles. The number of aryl methyl sites for hydroxylation is 1. The van der Waals surface area contributed by atoms with Gasteiger partial charge in [0.15, 0.2) is 17.2 Å². The fourth-order valence-corrected chi connectivity index (χ4v) is 5.55. The first-order chi connectivity index (χ1) is 17.9. The van der Waals surface area contributed by atoms with Gasteiger partial charge in [0.05, 0.1) is 22.6 Å². The minimum Gasteiger partial charge on any atom is -0.437 e. The van der Waals surface area contributed by atoms with Gasteiger partial charge in [-0.15, -0.1) is 0 Å². The Hall–Kier alpha value is -3.43. The first kappa shape index (κ1) is 25.2. The molecule has 0 amide bonds. The maximum atomic E-state index is 11.7. The van der Waals surface area contributed by atoms with E-state index in [2.05, 4.69) is 70.9 Å². The standard InChI is InChI=1S/C14H19N3O2.C14H19N3O/c1-9-7-17(8-10(2)15-9)12-6-4-5-11-13(12)19-14(18)16(11)3;1-3-17-11(2)18-14-12(5-4-6-13(14)17)16-9-7-15-8-10-16/h4-6,9-10,15H,7-8H2,1-3H3;4-6,15H,2-3,7-10H2,1H3/t9-,10+;. The van der Waals surface area contributed by atoms with Gasteiger partial charge in [-0.1, -0.05) is 12.1 Å². The molecule has 6 rings (SSSR count). The van der Waals surface area contributed by atoms with E-state index in [1.807, 2.05) is 18.2 Å². The summed E-state index contributed by atoms with van der Waals surface area (Å²) in [6.45, 7) is 17.3. The van der Waals surface area contributed by atoms with Gasteiger partial charge in [-0.2, -0.15) is 0 Å². The molecule has 9 nitrogen and oxygen atoms in total. The number of hydrogen-bond acceptors (Lipinski definition) is 8. The summed E-state index contributed by atoms with van der Waals surface area (Å²) in [4.78, 5) is 18.4. The van der Waals surface area contributed by atoms with Crippen molar-refractivity contribution in [3.8, 4) is 5.75 Å². The average Bonchev–Trinajstić information content (AvgIpc) is 3.38. The third-order valence-electron chi connectivity index (χ3n) is 7.26. The maximum Gasteiger partial charge on any atom is 0.419 e. The van der Waals surface area contributed by atoms with E-state index in [0.29, 0.717) is 17.7 Å². The molecule has 0 spiro atoms. The monoisotopic (exact) mass is 506 g/mol. The van der Waals surface area contributed by atoms with E-state index in [1.54, 1.807) is 11.6 Å². The zero-order valence-corrected chi connectivity index (χ0v) is 22.3. The summed E-state index contributed by atoms with van der Waals surface area (Å²) in [6, 6.07) is 13.1. The molecule has 2 atom stereocenters. The summed E-state index contributed by atoms with van der Waals surface area (Å²) in [5.74, 6) is 1.39. The van der Waals surface area contributed by atoms with Crippen molar-refractivity contribution in [1.29, 1.82) is 0 Å². The second kappa shape index (κ2) is 10.5. The van der Waals surface area contributed by atoms with E-state index in [4.69, 9.17) is 9.15 Å². The Balaban J connectivity index is 0.000000152. The third kappa shape index (κ3) is 4.93. The van der Waals surface area contributed by atoms with Gasteiger partial charge in [0, 0.05) is 64.9 Å². The molecule has 198 valence electrons.